The van der Waals surface area contributed by atoms with E-state index in [9.17, 15) is 13.2 Å². The first kappa shape index (κ1) is 19.4. The highest BCUT2D eigenvalue weighted by Gasteiger charge is 2.14. The van der Waals surface area contributed by atoms with E-state index in [0.29, 0.717) is 19.5 Å². The molecule has 1 amide bonds. The molecule has 23 heavy (non-hydrogen) atoms. The predicted octanol–water partition coefficient (Wildman–Crippen LogP) is 0.482. The lowest BCUT2D eigenvalue weighted by Crippen LogP contribution is -2.42. The number of rotatable bonds is 9. The molecule has 0 radical (unpaired) electrons. The van der Waals surface area contributed by atoms with Crippen LogP contribution < -0.4 is 9.46 Å². The summed E-state index contributed by atoms with van der Waals surface area (Å²) in [6, 6.07) is 7.66. The summed E-state index contributed by atoms with van der Waals surface area (Å²) in [5, 5.41) is 0. The van der Waals surface area contributed by atoms with Crippen molar-refractivity contribution in [3.63, 3.8) is 0 Å². The molecule has 1 aromatic carbocycles. The normalized spacial score (nSPS) is 11.5. The van der Waals surface area contributed by atoms with Crippen molar-refractivity contribution in [1.29, 1.82) is 0 Å². The first-order valence-electron chi connectivity index (χ1n) is 7.32. The molecule has 0 aromatic heterocycles. The van der Waals surface area contributed by atoms with Crippen molar-refractivity contribution >= 4 is 16.1 Å². The highest BCUT2D eigenvalue weighted by Crippen LogP contribution is 2.13. The lowest BCUT2D eigenvalue weighted by Gasteiger charge is -2.22. The molecule has 0 aliphatic rings. The minimum atomic E-state index is -3.47. The van der Waals surface area contributed by atoms with E-state index < -0.39 is 10.2 Å². The summed E-state index contributed by atoms with van der Waals surface area (Å²) in [7, 11) is 1.05. The molecule has 1 N–H and O–H groups in total. The summed E-state index contributed by atoms with van der Waals surface area (Å²) in [5.41, 5.74) is 1.06. The maximum atomic E-state index is 11.7. The molecule has 0 aliphatic carbocycles. The molecular formula is C15H25N3O4S. The molecule has 0 aliphatic heterocycles. The van der Waals surface area contributed by atoms with E-state index in [-0.39, 0.29) is 12.5 Å². The lowest BCUT2D eigenvalue weighted by molar-refractivity contribution is -0.128. The van der Waals surface area contributed by atoms with Gasteiger partial charge >= 0.3 is 0 Å². The van der Waals surface area contributed by atoms with Crippen molar-refractivity contribution in [1.82, 2.24) is 13.9 Å². The maximum absolute atomic E-state index is 11.7. The SMILES string of the molecule is COc1cccc(CCN(CCNS(=O)(=O)N(C)C)C(C)=O)c1. The molecule has 1 rings (SSSR count). The third kappa shape index (κ3) is 6.55. The highest BCUT2D eigenvalue weighted by atomic mass is 32.2. The Balaban J connectivity index is 2.54. The van der Waals surface area contributed by atoms with Gasteiger partial charge < -0.3 is 9.64 Å². The van der Waals surface area contributed by atoms with Gasteiger partial charge in [-0.1, -0.05) is 12.1 Å². The van der Waals surface area contributed by atoms with Gasteiger partial charge in [0.25, 0.3) is 10.2 Å². The summed E-state index contributed by atoms with van der Waals surface area (Å²) in [6.45, 7) is 2.50. The van der Waals surface area contributed by atoms with E-state index in [2.05, 4.69) is 4.72 Å². The largest absolute Gasteiger partial charge is 0.497 e. The Kier molecular flexibility index (Phi) is 7.47. The second-order valence-corrected chi connectivity index (χ2v) is 7.26. The Morgan fingerprint density at radius 2 is 1.96 bits per heavy atom. The van der Waals surface area contributed by atoms with Crippen molar-refractivity contribution in [2.45, 2.75) is 13.3 Å². The molecule has 0 fully saturated rings. The smallest absolute Gasteiger partial charge is 0.278 e. The monoisotopic (exact) mass is 343 g/mol. The van der Waals surface area contributed by atoms with Gasteiger partial charge in [0.05, 0.1) is 7.11 Å². The lowest BCUT2D eigenvalue weighted by atomic mass is 10.1. The van der Waals surface area contributed by atoms with E-state index in [1.54, 1.807) is 12.0 Å². The number of amides is 1. The van der Waals surface area contributed by atoms with Crippen molar-refractivity contribution in [3.05, 3.63) is 29.8 Å². The molecule has 1 aromatic rings. The van der Waals surface area contributed by atoms with Crippen molar-refractivity contribution in [2.24, 2.45) is 0 Å². The van der Waals surface area contributed by atoms with Crippen LogP contribution in [-0.4, -0.2) is 64.4 Å². The fourth-order valence-corrected chi connectivity index (χ4v) is 2.56. The zero-order valence-corrected chi connectivity index (χ0v) is 14.9. The van der Waals surface area contributed by atoms with Crippen LogP contribution in [-0.2, 0) is 21.4 Å². The molecule has 0 bridgehead atoms. The molecule has 0 spiro atoms. The van der Waals surface area contributed by atoms with Gasteiger partial charge in [-0.3, -0.25) is 4.79 Å². The fourth-order valence-electron chi connectivity index (χ4n) is 1.96. The minimum absolute atomic E-state index is 0.0862. The third-order valence-electron chi connectivity index (χ3n) is 3.40. The summed E-state index contributed by atoms with van der Waals surface area (Å²) < 4.78 is 32.0. The Hall–Kier alpha value is -1.64. The Bertz CT molecular complexity index is 617. The molecule has 7 nitrogen and oxygen atoms in total. The molecule has 0 heterocycles. The number of nitrogens with zero attached hydrogens (tertiary/aromatic N) is 2. The van der Waals surface area contributed by atoms with E-state index in [0.717, 1.165) is 15.6 Å². The van der Waals surface area contributed by atoms with Crippen LogP contribution in [0.2, 0.25) is 0 Å². The van der Waals surface area contributed by atoms with Crippen LogP contribution >= 0.6 is 0 Å². The minimum Gasteiger partial charge on any atom is -0.497 e. The van der Waals surface area contributed by atoms with Crippen molar-refractivity contribution in [2.75, 3.05) is 40.8 Å². The van der Waals surface area contributed by atoms with Gasteiger partial charge in [0.15, 0.2) is 0 Å². The van der Waals surface area contributed by atoms with Crippen LogP contribution in [0.5, 0.6) is 5.75 Å². The van der Waals surface area contributed by atoms with Crippen LogP contribution in [0.25, 0.3) is 0 Å². The number of carbonyl (C=O) groups is 1. The fraction of sp³-hybridized carbons (Fsp3) is 0.533. The number of methoxy groups -OCH3 is 1. The van der Waals surface area contributed by atoms with Crippen LogP contribution in [0.15, 0.2) is 24.3 Å². The highest BCUT2D eigenvalue weighted by molar-refractivity contribution is 7.87. The van der Waals surface area contributed by atoms with E-state index >= 15 is 0 Å². The van der Waals surface area contributed by atoms with Crippen LogP contribution in [0.4, 0.5) is 0 Å². The summed E-state index contributed by atoms with van der Waals surface area (Å²) in [4.78, 5) is 13.3. The molecule has 0 saturated heterocycles. The Morgan fingerprint density at radius 3 is 2.52 bits per heavy atom. The van der Waals surface area contributed by atoms with Gasteiger partial charge in [-0.25, -0.2) is 4.72 Å². The first-order valence-corrected chi connectivity index (χ1v) is 8.76. The van der Waals surface area contributed by atoms with Crippen LogP contribution in [0, 0.1) is 0 Å². The summed E-state index contributed by atoms with van der Waals surface area (Å²) in [6.07, 6.45) is 0.678. The van der Waals surface area contributed by atoms with Crippen LogP contribution in [0.3, 0.4) is 0 Å². The van der Waals surface area contributed by atoms with E-state index in [1.165, 1.54) is 21.0 Å². The molecule has 0 saturated carbocycles. The third-order valence-corrected chi connectivity index (χ3v) is 4.93. The number of carbonyl (C=O) groups excluding carboxylic acids is 1. The van der Waals surface area contributed by atoms with Gasteiger partial charge in [0.1, 0.15) is 5.75 Å². The average Bonchev–Trinajstić information content (AvgIpc) is 2.50. The summed E-state index contributed by atoms with van der Waals surface area (Å²) >= 11 is 0. The Labute approximate surface area is 138 Å². The van der Waals surface area contributed by atoms with Gasteiger partial charge in [-0.05, 0) is 24.1 Å². The van der Waals surface area contributed by atoms with Gasteiger partial charge in [-0.2, -0.15) is 12.7 Å². The van der Waals surface area contributed by atoms with Gasteiger partial charge in [0.2, 0.25) is 5.91 Å². The van der Waals surface area contributed by atoms with E-state index in [4.69, 9.17) is 4.74 Å². The number of hydrogen-bond acceptors (Lipinski definition) is 4. The van der Waals surface area contributed by atoms with Gasteiger partial charge in [0, 0.05) is 40.7 Å². The Morgan fingerprint density at radius 1 is 1.26 bits per heavy atom. The number of nitrogens with one attached hydrogen (secondary N) is 1. The molecule has 0 unspecified atom stereocenters. The number of ether oxygens (including phenoxy) is 1. The average molecular weight is 343 g/mol. The summed E-state index contributed by atoms with van der Waals surface area (Å²) in [5.74, 6) is 0.688. The molecular weight excluding hydrogens is 318 g/mol. The first-order chi connectivity index (χ1) is 10.8. The zero-order valence-electron chi connectivity index (χ0n) is 14.1. The molecule has 130 valence electrons. The molecule has 8 heteroatoms. The van der Waals surface area contributed by atoms with E-state index in [1.807, 2.05) is 24.3 Å². The topological polar surface area (TPSA) is 79.0 Å². The quantitative estimate of drug-likeness (QED) is 0.707. The second kappa shape index (κ2) is 8.85. The zero-order chi connectivity index (χ0) is 17.5. The van der Waals surface area contributed by atoms with Gasteiger partial charge in [-0.15, -0.1) is 0 Å². The number of benzene rings is 1. The second-order valence-electron chi connectivity index (χ2n) is 5.29. The number of hydrogen-bond donors (Lipinski definition) is 1. The predicted molar refractivity (Wildman–Crippen MR) is 89.6 cm³/mol. The maximum Gasteiger partial charge on any atom is 0.278 e. The molecule has 0 atom stereocenters. The van der Waals surface area contributed by atoms with Crippen molar-refractivity contribution in [3.8, 4) is 5.75 Å². The van der Waals surface area contributed by atoms with Crippen molar-refractivity contribution < 1.29 is 17.9 Å². The van der Waals surface area contributed by atoms with Crippen LogP contribution in [0.1, 0.15) is 12.5 Å². The standard InChI is InChI=1S/C15H25N3O4S/c1-13(19)18(11-9-16-23(20,21)17(2)3)10-8-14-6-5-7-15(12-14)22-4/h5-7,12,16H,8-11H2,1-4H3.